The first-order valence-electron chi connectivity index (χ1n) is 11.9. The summed E-state index contributed by atoms with van der Waals surface area (Å²) in [7, 11) is 0. The average Bonchev–Trinajstić information content (AvgIpc) is 3.55. The summed E-state index contributed by atoms with van der Waals surface area (Å²) in [6.45, 7) is 2.09. The van der Waals surface area contributed by atoms with E-state index in [0.29, 0.717) is 31.4 Å². The number of alkyl halides is 3. The molecule has 2 aromatic heterocycles. The molecule has 11 heteroatoms. The molecular formula is C26H24F3N3O5. The van der Waals surface area contributed by atoms with E-state index in [0.717, 1.165) is 48.3 Å². The van der Waals surface area contributed by atoms with Crippen LogP contribution in [-0.4, -0.2) is 53.1 Å². The molecule has 2 aliphatic heterocycles. The topological polar surface area (TPSA) is 106 Å². The second-order valence-corrected chi connectivity index (χ2v) is 9.45. The second kappa shape index (κ2) is 9.62. The lowest BCUT2D eigenvalue weighted by atomic mass is 9.75. The number of nitrogens with zero attached hydrogens (tertiary/aromatic N) is 3. The van der Waals surface area contributed by atoms with Crippen molar-refractivity contribution in [1.82, 2.24) is 10.1 Å². The number of aliphatic carboxylic acids is 1. The zero-order valence-corrected chi connectivity index (χ0v) is 19.7. The molecule has 0 unspecified atom stereocenters. The molecule has 1 aliphatic carbocycles. The highest BCUT2D eigenvalue weighted by molar-refractivity contribution is 6.06. The molecular weight excluding hydrogens is 491 g/mol. The fourth-order valence-electron chi connectivity index (χ4n) is 4.84. The first-order chi connectivity index (χ1) is 17.7. The summed E-state index contributed by atoms with van der Waals surface area (Å²) in [5.74, 6) is -1.56. The standard InChI is InChI=1S/C24H23N3O3.C2HF3O2/c28-23(20-13-22(30-26-20)16-3-4-16)27-15-24(7-10-29-11-8-24)19-12-17(5-6-21(19)27)18-2-1-9-25-14-18;3-2(4,5)1(6)7/h1-2,5-6,9,12-14,16H,3-4,7-8,10-11,15H2;(H,6,7). The van der Waals surface area contributed by atoms with Crippen molar-refractivity contribution < 1.29 is 37.1 Å². The number of halogens is 3. The second-order valence-electron chi connectivity index (χ2n) is 9.45. The fraction of sp³-hybridized carbons (Fsp3) is 0.385. The van der Waals surface area contributed by atoms with Gasteiger partial charge in [0.2, 0.25) is 0 Å². The Morgan fingerprint density at radius 1 is 1.08 bits per heavy atom. The Hall–Kier alpha value is -3.73. The molecule has 1 aromatic carbocycles. The monoisotopic (exact) mass is 515 g/mol. The third-order valence-electron chi connectivity index (χ3n) is 6.98. The number of ether oxygens (including phenoxy) is 1. The summed E-state index contributed by atoms with van der Waals surface area (Å²) in [6, 6.07) is 12.2. The number of hydrogen-bond donors (Lipinski definition) is 1. The summed E-state index contributed by atoms with van der Waals surface area (Å²) in [5, 5.41) is 11.2. The van der Waals surface area contributed by atoms with Gasteiger partial charge in [0.1, 0.15) is 5.76 Å². The number of benzene rings is 1. The average molecular weight is 515 g/mol. The number of hydrogen-bond acceptors (Lipinski definition) is 6. The quantitative estimate of drug-likeness (QED) is 0.526. The summed E-state index contributed by atoms with van der Waals surface area (Å²) < 4.78 is 42.8. The molecule has 8 nitrogen and oxygen atoms in total. The third-order valence-corrected chi connectivity index (χ3v) is 6.98. The van der Waals surface area contributed by atoms with E-state index in [-0.39, 0.29) is 11.3 Å². The zero-order chi connectivity index (χ0) is 26.2. The zero-order valence-electron chi connectivity index (χ0n) is 19.7. The van der Waals surface area contributed by atoms with Crippen LogP contribution < -0.4 is 4.90 Å². The van der Waals surface area contributed by atoms with Crippen LogP contribution in [0.2, 0.25) is 0 Å². The lowest BCUT2D eigenvalue weighted by Crippen LogP contribution is -2.40. The maximum Gasteiger partial charge on any atom is 0.490 e. The number of carboxylic acids is 1. The van der Waals surface area contributed by atoms with E-state index in [1.165, 1.54) is 5.56 Å². The molecule has 4 heterocycles. The first-order valence-corrected chi connectivity index (χ1v) is 11.9. The molecule has 2 fully saturated rings. The van der Waals surface area contributed by atoms with Crippen molar-refractivity contribution in [1.29, 1.82) is 0 Å². The number of anilines is 1. The van der Waals surface area contributed by atoms with Gasteiger partial charge in [0.15, 0.2) is 5.69 Å². The summed E-state index contributed by atoms with van der Waals surface area (Å²) >= 11 is 0. The van der Waals surface area contributed by atoms with Crippen LogP contribution in [0.4, 0.5) is 18.9 Å². The predicted octanol–water partition coefficient (Wildman–Crippen LogP) is 4.96. The van der Waals surface area contributed by atoms with Gasteiger partial charge >= 0.3 is 12.1 Å². The molecule has 0 bridgehead atoms. The van der Waals surface area contributed by atoms with Crippen LogP contribution in [0.1, 0.15) is 53.4 Å². The van der Waals surface area contributed by atoms with E-state index in [1.807, 2.05) is 23.2 Å². The molecule has 1 amide bonds. The van der Waals surface area contributed by atoms with Gasteiger partial charge in [-0.15, -0.1) is 0 Å². The number of carbonyl (C=O) groups excluding carboxylic acids is 1. The van der Waals surface area contributed by atoms with Crippen molar-refractivity contribution in [2.24, 2.45) is 0 Å². The smallest absolute Gasteiger partial charge is 0.475 e. The highest BCUT2D eigenvalue weighted by Crippen LogP contribution is 2.48. The van der Waals surface area contributed by atoms with E-state index in [9.17, 15) is 18.0 Å². The Morgan fingerprint density at radius 2 is 1.81 bits per heavy atom. The van der Waals surface area contributed by atoms with E-state index in [2.05, 4.69) is 34.4 Å². The van der Waals surface area contributed by atoms with E-state index < -0.39 is 12.1 Å². The van der Waals surface area contributed by atoms with Crippen molar-refractivity contribution in [2.45, 2.75) is 43.2 Å². The summed E-state index contributed by atoms with van der Waals surface area (Å²) in [6.07, 6.45) is 2.64. The minimum Gasteiger partial charge on any atom is -0.475 e. The van der Waals surface area contributed by atoms with Crippen LogP contribution in [0.25, 0.3) is 11.1 Å². The number of pyridine rings is 1. The van der Waals surface area contributed by atoms with Crippen LogP contribution >= 0.6 is 0 Å². The van der Waals surface area contributed by atoms with Crippen molar-refractivity contribution in [3.8, 4) is 11.1 Å². The molecule has 194 valence electrons. The SMILES string of the molecule is O=C(O)C(F)(F)F.O=C(c1cc(C2CC2)on1)N1CC2(CCOCC2)c2cc(-c3cccnc3)ccc21. The van der Waals surface area contributed by atoms with Crippen LogP contribution in [0.5, 0.6) is 0 Å². The fourth-order valence-corrected chi connectivity index (χ4v) is 4.84. The molecule has 6 rings (SSSR count). The highest BCUT2D eigenvalue weighted by atomic mass is 19.4. The molecule has 37 heavy (non-hydrogen) atoms. The first kappa shape index (κ1) is 24.9. The number of carbonyl (C=O) groups is 2. The van der Waals surface area contributed by atoms with Crippen LogP contribution in [-0.2, 0) is 14.9 Å². The molecule has 1 N–H and O–H groups in total. The molecule has 0 radical (unpaired) electrons. The minimum atomic E-state index is -5.08. The predicted molar refractivity (Wildman–Crippen MR) is 125 cm³/mol. The van der Waals surface area contributed by atoms with Crippen molar-refractivity contribution in [2.75, 3.05) is 24.7 Å². The molecule has 1 spiro atoms. The molecule has 3 aromatic rings. The molecule has 1 saturated heterocycles. The Morgan fingerprint density at radius 3 is 2.43 bits per heavy atom. The van der Waals surface area contributed by atoms with Crippen molar-refractivity contribution >= 4 is 17.6 Å². The van der Waals surface area contributed by atoms with Gasteiger partial charge in [-0.2, -0.15) is 13.2 Å². The maximum absolute atomic E-state index is 13.4. The number of amides is 1. The van der Waals surface area contributed by atoms with Crippen LogP contribution in [0, 0.1) is 0 Å². The minimum absolute atomic E-state index is 0.0788. The third kappa shape index (κ3) is 5.08. The maximum atomic E-state index is 13.4. The number of aromatic nitrogens is 2. The van der Waals surface area contributed by atoms with Gasteiger partial charge in [0.05, 0.1) is 0 Å². The Kier molecular flexibility index (Phi) is 6.49. The van der Waals surface area contributed by atoms with Crippen molar-refractivity contribution in [3.63, 3.8) is 0 Å². The number of fused-ring (bicyclic) bond motifs is 2. The number of rotatable bonds is 3. The Bertz CT molecular complexity index is 1300. The largest absolute Gasteiger partial charge is 0.490 e. The Balaban J connectivity index is 0.000000355. The van der Waals surface area contributed by atoms with Gasteiger partial charge in [-0.3, -0.25) is 9.78 Å². The normalized spacial score (nSPS) is 18.2. The summed E-state index contributed by atoms with van der Waals surface area (Å²) in [5.41, 5.74) is 4.74. The van der Waals surface area contributed by atoms with Crippen molar-refractivity contribution in [3.05, 3.63) is 65.8 Å². The van der Waals surface area contributed by atoms with E-state index in [1.54, 1.807) is 6.20 Å². The van der Waals surface area contributed by atoms with E-state index >= 15 is 0 Å². The van der Waals surface area contributed by atoms with Gasteiger partial charge in [0.25, 0.3) is 5.91 Å². The molecule has 3 aliphatic rings. The number of carboxylic acid groups (broad SMARTS) is 1. The van der Waals surface area contributed by atoms with Crippen LogP contribution in [0.15, 0.2) is 53.3 Å². The summed E-state index contributed by atoms with van der Waals surface area (Å²) in [4.78, 5) is 28.5. The lowest BCUT2D eigenvalue weighted by Gasteiger charge is -2.34. The molecule has 1 saturated carbocycles. The molecule has 0 atom stereocenters. The van der Waals surface area contributed by atoms with Gasteiger partial charge in [-0.1, -0.05) is 17.3 Å². The van der Waals surface area contributed by atoms with Gasteiger partial charge in [-0.05, 0) is 60.6 Å². The Labute approximate surface area is 210 Å². The van der Waals surface area contributed by atoms with Gasteiger partial charge in [0, 0.05) is 55.2 Å². The highest BCUT2D eigenvalue weighted by Gasteiger charge is 2.46. The van der Waals surface area contributed by atoms with Gasteiger partial charge in [-0.25, -0.2) is 4.79 Å². The van der Waals surface area contributed by atoms with E-state index in [4.69, 9.17) is 19.2 Å². The van der Waals surface area contributed by atoms with Crippen LogP contribution in [0.3, 0.4) is 0 Å². The van der Waals surface area contributed by atoms with Gasteiger partial charge < -0.3 is 19.3 Å². The lowest BCUT2D eigenvalue weighted by molar-refractivity contribution is -0.192.